The number of non-ortho nitro benzene ring substituents is 1. The standard InChI is InChI=1S/C17H17N3O3/c21-16-5-4-15(12-2-1-3-14(7-12)20(22)23)17-13-6-11(8-18-9-13)10-19(16)17/h1-5,7,11,13,18H,6,8-10H2. The third kappa shape index (κ3) is 2.35. The van der Waals surface area contributed by atoms with Crippen LogP contribution in [0.3, 0.4) is 0 Å². The SMILES string of the molecule is O=c1ccc(-c2cccc([N+](=O)[O-])c2)c2n1CC1CNCC2C1. The number of benzene rings is 1. The van der Waals surface area contributed by atoms with Crippen LogP contribution >= 0.6 is 0 Å². The number of rotatable bonds is 2. The molecular formula is C17H17N3O3. The van der Waals surface area contributed by atoms with Crippen LogP contribution in [0.25, 0.3) is 11.1 Å². The fourth-order valence-corrected chi connectivity index (χ4v) is 3.89. The van der Waals surface area contributed by atoms with Crippen molar-refractivity contribution in [1.82, 2.24) is 9.88 Å². The van der Waals surface area contributed by atoms with E-state index in [0.717, 1.165) is 42.9 Å². The zero-order chi connectivity index (χ0) is 16.0. The molecule has 0 radical (unpaired) electrons. The van der Waals surface area contributed by atoms with Gasteiger partial charge in [-0.25, -0.2) is 0 Å². The van der Waals surface area contributed by atoms with Gasteiger partial charge in [0.05, 0.1) is 4.92 Å². The van der Waals surface area contributed by atoms with Crippen LogP contribution in [0.15, 0.2) is 41.2 Å². The summed E-state index contributed by atoms with van der Waals surface area (Å²) in [5.74, 6) is 0.768. The summed E-state index contributed by atoms with van der Waals surface area (Å²) in [6.07, 6.45) is 1.07. The summed E-state index contributed by atoms with van der Waals surface area (Å²) in [6.45, 7) is 2.52. The van der Waals surface area contributed by atoms with Crippen molar-refractivity contribution in [2.24, 2.45) is 5.92 Å². The Morgan fingerprint density at radius 2 is 2.09 bits per heavy atom. The van der Waals surface area contributed by atoms with Gasteiger partial charge in [-0.05, 0) is 30.5 Å². The lowest BCUT2D eigenvalue weighted by Crippen LogP contribution is -2.45. The summed E-state index contributed by atoms with van der Waals surface area (Å²) in [6, 6.07) is 10.0. The lowest BCUT2D eigenvalue weighted by Gasteiger charge is -2.38. The van der Waals surface area contributed by atoms with Crippen molar-refractivity contribution in [3.63, 3.8) is 0 Å². The normalized spacial score (nSPS) is 22.4. The highest BCUT2D eigenvalue weighted by Gasteiger charge is 2.33. The van der Waals surface area contributed by atoms with Gasteiger partial charge in [-0.1, -0.05) is 12.1 Å². The average molecular weight is 311 g/mol. The van der Waals surface area contributed by atoms with Gasteiger partial charge in [-0.3, -0.25) is 14.9 Å². The topological polar surface area (TPSA) is 77.2 Å². The monoisotopic (exact) mass is 311 g/mol. The lowest BCUT2D eigenvalue weighted by molar-refractivity contribution is -0.384. The first-order valence-electron chi connectivity index (χ1n) is 7.83. The van der Waals surface area contributed by atoms with E-state index in [2.05, 4.69) is 5.32 Å². The Labute approximate surface area is 132 Å². The third-order valence-electron chi connectivity index (χ3n) is 4.86. The van der Waals surface area contributed by atoms with E-state index in [1.165, 1.54) is 6.07 Å². The second-order valence-electron chi connectivity index (χ2n) is 6.35. The summed E-state index contributed by atoms with van der Waals surface area (Å²) in [4.78, 5) is 22.9. The number of piperidine rings is 1. The number of hydrogen-bond acceptors (Lipinski definition) is 4. The molecule has 2 aliphatic heterocycles. The van der Waals surface area contributed by atoms with Crippen LogP contribution in [-0.2, 0) is 6.54 Å². The van der Waals surface area contributed by atoms with Crippen molar-refractivity contribution >= 4 is 5.69 Å². The maximum Gasteiger partial charge on any atom is 0.270 e. The Balaban J connectivity index is 1.91. The molecule has 0 spiro atoms. The number of nitro benzene ring substituents is 1. The van der Waals surface area contributed by atoms with E-state index in [1.54, 1.807) is 18.2 Å². The zero-order valence-corrected chi connectivity index (χ0v) is 12.6. The van der Waals surface area contributed by atoms with E-state index in [4.69, 9.17) is 0 Å². The minimum Gasteiger partial charge on any atom is -0.316 e. The first-order valence-corrected chi connectivity index (χ1v) is 7.83. The number of nitrogens with zero attached hydrogens (tertiary/aromatic N) is 2. The molecule has 1 aromatic heterocycles. The van der Waals surface area contributed by atoms with Gasteiger partial charge in [-0.2, -0.15) is 0 Å². The zero-order valence-electron chi connectivity index (χ0n) is 12.6. The molecule has 1 aromatic carbocycles. The van der Waals surface area contributed by atoms with Gasteiger partial charge in [0.25, 0.3) is 11.2 Å². The van der Waals surface area contributed by atoms with Crippen LogP contribution in [0.5, 0.6) is 0 Å². The second-order valence-corrected chi connectivity index (χ2v) is 6.35. The molecule has 2 unspecified atom stereocenters. The predicted octanol–water partition coefficient (Wildman–Crippen LogP) is 2.13. The van der Waals surface area contributed by atoms with Crippen LogP contribution in [0.4, 0.5) is 5.69 Å². The van der Waals surface area contributed by atoms with E-state index in [0.29, 0.717) is 5.92 Å². The molecule has 1 N–H and O–H groups in total. The van der Waals surface area contributed by atoms with Crippen molar-refractivity contribution in [3.05, 3.63) is 62.6 Å². The Morgan fingerprint density at radius 1 is 1.22 bits per heavy atom. The first-order chi connectivity index (χ1) is 11.1. The predicted molar refractivity (Wildman–Crippen MR) is 86.5 cm³/mol. The molecule has 3 heterocycles. The Kier molecular flexibility index (Phi) is 3.27. The molecule has 6 nitrogen and oxygen atoms in total. The Morgan fingerprint density at radius 3 is 2.91 bits per heavy atom. The van der Waals surface area contributed by atoms with Gasteiger partial charge in [0.2, 0.25) is 0 Å². The van der Waals surface area contributed by atoms with Gasteiger partial charge in [0.1, 0.15) is 0 Å². The Hall–Kier alpha value is -2.47. The molecule has 0 aliphatic carbocycles. The minimum absolute atomic E-state index is 0.0192. The van der Waals surface area contributed by atoms with Crippen LogP contribution in [0.2, 0.25) is 0 Å². The molecule has 118 valence electrons. The van der Waals surface area contributed by atoms with Gasteiger partial charge in [0, 0.05) is 48.5 Å². The molecule has 2 atom stereocenters. The van der Waals surface area contributed by atoms with Gasteiger partial charge in [0.15, 0.2) is 0 Å². The van der Waals surface area contributed by atoms with Crippen LogP contribution in [0, 0.1) is 16.0 Å². The number of aromatic nitrogens is 1. The Bertz CT molecular complexity index is 843. The fraction of sp³-hybridized carbons (Fsp3) is 0.353. The van der Waals surface area contributed by atoms with Crippen molar-refractivity contribution in [1.29, 1.82) is 0 Å². The molecule has 6 heteroatoms. The fourth-order valence-electron chi connectivity index (χ4n) is 3.89. The lowest BCUT2D eigenvalue weighted by atomic mass is 9.81. The van der Waals surface area contributed by atoms with E-state index in [-0.39, 0.29) is 22.1 Å². The second kappa shape index (κ2) is 5.31. The van der Waals surface area contributed by atoms with Crippen molar-refractivity contribution < 1.29 is 4.92 Å². The highest BCUT2D eigenvalue weighted by Crippen LogP contribution is 2.38. The van der Waals surface area contributed by atoms with E-state index < -0.39 is 0 Å². The maximum atomic E-state index is 12.3. The summed E-state index contributed by atoms with van der Waals surface area (Å²) >= 11 is 0. The third-order valence-corrected chi connectivity index (χ3v) is 4.86. The summed E-state index contributed by atoms with van der Waals surface area (Å²) in [5, 5.41) is 14.5. The highest BCUT2D eigenvalue weighted by molar-refractivity contribution is 5.69. The number of nitrogens with one attached hydrogen (secondary N) is 1. The average Bonchev–Trinajstić information content (AvgIpc) is 2.56. The molecule has 0 amide bonds. The minimum atomic E-state index is -0.386. The molecule has 2 bridgehead atoms. The molecule has 2 aliphatic rings. The summed E-state index contributed by atoms with van der Waals surface area (Å²) in [5.41, 5.74) is 2.84. The molecule has 4 rings (SSSR count). The van der Waals surface area contributed by atoms with Crippen molar-refractivity contribution in [2.75, 3.05) is 13.1 Å². The first kappa shape index (κ1) is 14.1. The molecular weight excluding hydrogens is 294 g/mol. The molecule has 0 saturated carbocycles. The number of fused-ring (bicyclic) bond motifs is 4. The molecule has 1 saturated heterocycles. The van der Waals surface area contributed by atoms with Gasteiger partial charge in [-0.15, -0.1) is 0 Å². The van der Waals surface area contributed by atoms with Gasteiger partial charge < -0.3 is 9.88 Å². The largest absolute Gasteiger partial charge is 0.316 e. The van der Waals surface area contributed by atoms with E-state index >= 15 is 0 Å². The number of hydrogen-bond donors (Lipinski definition) is 1. The molecule has 2 aromatic rings. The van der Waals surface area contributed by atoms with Crippen molar-refractivity contribution in [3.8, 4) is 11.1 Å². The maximum absolute atomic E-state index is 12.3. The van der Waals surface area contributed by atoms with Crippen LogP contribution in [0.1, 0.15) is 18.0 Å². The summed E-state index contributed by atoms with van der Waals surface area (Å²) in [7, 11) is 0. The number of nitro groups is 1. The quantitative estimate of drug-likeness (QED) is 0.681. The van der Waals surface area contributed by atoms with Gasteiger partial charge >= 0.3 is 0 Å². The van der Waals surface area contributed by atoms with E-state index in [9.17, 15) is 14.9 Å². The van der Waals surface area contributed by atoms with E-state index in [1.807, 2.05) is 16.7 Å². The van der Waals surface area contributed by atoms with Crippen LogP contribution < -0.4 is 10.9 Å². The highest BCUT2D eigenvalue weighted by atomic mass is 16.6. The van der Waals surface area contributed by atoms with Crippen molar-refractivity contribution in [2.45, 2.75) is 18.9 Å². The van der Waals surface area contributed by atoms with Crippen LogP contribution in [-0.4, -0.2) is 22.6 Å². The smallest absolute Gasteiger partial charge is 0.270 e. The number of pyridine rings is 1. The summed E-state index contributed by atoms with van der Waals surface area (Å²) < 4.78 is 1.87. The molecule has 1 fully saturated rings. The molecule has 23 heavy (non-hydrogen) atoms.